The molecule has 1 aromatic carbocycles. The van der Waals surface area contributed by atoms with E-state index in [1.54, 1.807) is 0 Å². The first-order chi connectivity index (χ1) is 7.66. The number of fused-ring (bicyclic) bond motifs is 1. The molecule has 2 rings (SSSR count). The number of rotatable bonds is 4. The number of alkyl halides is 1. The molecule has 0 radical (unpaired) electrons. The fraction of sp³-hybridized carbons (Fsp3) is 0.364. The smallest absolute Gasteiger partial charge is 0.317 e. The van der Waals surface area contributed by atoms with E-state index < -0.39 is 10.8 Å². The van der Waals surface area contributed by atoms with Gasteiger partial charge in [0.2, 0.25) is 6.79 Å². The Morgan fingerprint density at radius 1 is 1.44 bits per heavy atom. The Hall–Kier alpha value is -1.23. The quantitative estimate of drug-likeness (QED) is 0.862. The lowest BCUT2D eigenvalue weighted by Gasteiger charge is -2.05. The zero-order valence-corrected chi connectivity index (χ0v) is 10.1. The molecule has 5 heteroatoms. The minimum absolute atomic E-state index is 0.259. The van der Waals surface area contributed by atoms with E-state index in [1.165, 1.54) is 0 Å². The molecule has 0 saturated heterocycles. The van der Waals surface area contributed by atoms with Gasteiger partial charge in [-0.15, -0.1) is 0 Å². The monoisotopic (exact) mass is 286 g/mol. The predicted octanol–water partition coefficient (Wildman–Crippen LogP) is 2.20. The fourth-order valence-electron chi connectivity index (χ4n) is 1.51. The summed E-state index contributed by atoms with van der Waals surface area (Å²) < 4.78 is 10.4. The van der Waals surface area contributed by atoms with Gasteiger partial charge in [-0.2, -0.15) is 0 Å². The number of aryl methyl sites for hydroxylation is 1. The summed E-state index contributed by atoms with van der Waals surface area (Å²) in [6, 6.07) is 5.67. The predicted molar refractivity (Wildman–Crippen MR) is 61.2 cm³/mol. The molecule has 16 heavy (non-hydrogen) atoms. The average molecular weight is 287 g/mol. The van der Waals surface area contributed by atoms with Gasteiger partial charge in [0.15, 0.2) is 11.5 Å². The first-order valence-electron chi connectivity index (χ1n) is 4.92. The number of carbonyl (C=O) groups is 1. The van der Waals surface area contributed by atoms with Crippen LogP contribution in [0.2, 0.25) is 0 Å². The summed E-state index contributed by atoms with van der Waals surface area (Å²) in [7, 11) is 0. The van der Waals surface area contributed by atoms with Gasteiger partial charge in [-0.05, 0) is 30.5 Å². The Labute approximate surface area is 101 Å². The third kappa shape index (κ3) is 2.47. The van der Waals surface area contributed by atoms with Crippen LogP contribution in [0.5, 0.6) is 11.5 Å². The third-order valence-electron chi connectivity index (χ3n) is 2.39. The maximum absolute atomic E-state index is 10.6. The van der Waals surface area contributed by atoms with Crippen molar-refractivity contribution in [1.82, 2.24) is 0 Å². The number of halogens is 1. The molecule has 1 aromatic rings. The lowest BCUT2D eigenvalue weighted by molar-refractivity contribution is -0.136. The third-order valence-corrected chi connectivity index (χ3v) is 3.24. The van der Waals surface area contributed by atoms with Crippen LogP contribution in [0.15, 0.2) is 18.2 Å². The van der Waals surface area contributed by atoms with Crippen LogP contribution in [0.1, 0.15) is 12.0 Å². The van der Waals surface area contributed by atoms with Gasteiger partial charge in [0, 0.05) is 0 Å². The molecule has 0 amide bonds. The van der Waals surface area contributed by atoms with Gasteiger partial charge in [-0.25, -0.2) is 0 Å². The molecule has 0 fully saturated rings. The summed E-state index contributed by atoms with van der Waals surface area (Å²) in [5.41, 5.74) is 1.05. The van der Waals surface area contributed by atoms with E-state index >= 15 is 0 Å². The minimum Gasteiger partial charge on any atom is -0.480 e. The number of aliphatic carboxylic acids is 1. The second kappa shape index (κ2) is 4.74. The van der Waals surface area contributed by atoms with Crippen molar-refractivity contribution in [2.75, 3.05) is 6.79 Å². The summed E-state index contributed by atoms with van der Waals surface area (Å²) in [5.74, 6) is 0.650. The van der Waals surface area contributed by atoms with Gasteiger partial charge in [0.05, 0.1) is 0 Å². The van der Waals surface area contributed by atoms with Crippen LogP contribution in [0.4, 0.5) is 0 Å². The first-order valence-corrected chi connectivity index (χ1v) is 5.84. The highest BCUT2D eigenvalue weighted by Crippen LogP contribution is 2.32. The summed E-state index contributed by atoms with van der Waals surface area (Å²) in [4.78, 5) is 10.1. The Bertz CT molecular complexity index is 405. The highest BCUT2D eigenvalue weighted by molar-refractivity contribution is 9.10. The van der Waals surface area contributed by atoms with Gasteiger partial charge in [0.25, 0.3) is 0 Å². The SMILES string of the molecule is O=C(O)C(Br)CCc1ccc2c(c1)OCO2. The molecule has 1 aliphatic rings. The molecular formula is C11H11BrO4. The molecule has 1 atom stereocenters. The minimum atomic E-state index is -0.833. The topological polar surface area (TPSA) is 55.8 Å². The maximum Gasteiger partial charge on any atom is 0.317 e. The van der Waals surface area contributed by atoms with Gasteiger partial charge >= 0.3 is 5.97 Å². The van der Waals surface area contributed by atoms with Gasteiger partial charge in [-0.3, -0.25) is 4.79 Å². The van der Waals surface area contributed by atoms with Gasteiger partial charge in [0.1, 0.15) is 4.83 Å². The van der Waals surface area contributed by atoms with E-state index in [1.807, 2.05) is 18.2 Å². The van der Waals surface area contributed by atoms with Crippen molar-refractivity contribution in [1.29, 1.82) is 0 Å². The molecule has 1 unspecified atom stereocenters. The number of carboxylic acids is 1. The van der Waals surface area contributed by atoms with Crippen LogP contribution in [-0.2, 0) is 11.2 Å². The average Bonchev–Trinajstić information content (AvgIpc) is 2.72. The maximum atomic E-state index is 10.6. The molecule has 0 spiro atoms. The highest BCUT2D eigenvalue weighted by atomic mass is 79.9. The van der Waals surface area contributed by atoms with E-state index in [4.69, 9.17) is 14.6 Å². The van der Waals surface area contributed by atoms with Crippen molar-refractivity contribution >= 4 is 21.9 Å². The molecule has 0 saturated carbocycles. The van der Waals surface area contributed by atoms with E-state index in [-0.39, 0.29) is 6.79 Å². The van der Waals surface area contributed by atoms with Crippen molar-refractivity contribution in [2.24, 2.45) is 0 Å². The summed E-state index contributed by atoms with van der Waals surface area (Å²) in [6.07, 6.45) is 1.24. The number of carboxylic acid groups (broad SMARTS) is 1. The molecule has 86 valence electrons. The van der Waals surface area contributed by atoms with Crippen LogP contribution < -0.4 is 9.47 Å². The lowest BCUT2D eigenvalue weighted by atomic mass is 10.1. The molecule has 1 N–H and O–H groups in total. The molecule has 0 aromatic heterocycles. The normalized spacial score (nSPS) is 14.8. The van der Waals surface area contributed by atoms with Gasteiger partial charge in [-0.1, -0.05) is 22.0 Å². The Balaban J connectivity index is 1.98. The standard InChI is InChI=1S/C11H11BrO4/c12-8(11(13)14)3-1-7-2-4-9-10(5-7)16-6-15-9/h2,4-5,8H,1,3,6H2,(H,13,14). The molecule has 4 nitrogen and oxygen atoms in total. The summed E-state index contributed by atoms with van der Waals surface area (Å²) in [6.45, 7) is 0.259. The van der Waals surface area contributed by atoms with Crippen molar-refractivity contribution in [2.45, 2.75) is 17.7 Å². The number of hydrogen-bond acceptors (Lipinski definition) is 3. The number of benzene rings is 1. The second-order valence-corrected chi connectivity index (χ2v) is 4.64. The van der Waals surface area contributed by atoms with Gasteiger partial charge < -0.3 is 14.6 Å². The van der Waals surface area contributed by atoms with E-state index in [0.717, 1.165) is 17.1 Å². The summed E-state index contributed by atoms with van der Waals surface area (Å²) in [5, 5.41) is 8.72. The Kier molecular flexibility index (Phi) is 3.33. The van der Waals surface area contributed by atoms with Crippen molar-refractivity contribution < 1.29 is 19.4 Å². The fourth-order valence-corrected chi connectivity index (χ4v) is 1.74. The van der Waals surface area contributed by atoms with Crippen molar-refractivity contribution in [3.05, 3.63) is 23.8 Å². The van der Waals surface area contributed by atoms with Crippen LogP contribution in [0.25, 0.3) is 0 Å². The first kappa shape index (κ1) is 11.3. The van der Waals surface area contributed by atoms with E-state index in [0.29, 0.717) is 12.8 Å². The largest absolute Gasteiger partial charge is 0.480 e. The Morgan fingerprint density at radius 3 is 2.94 bits per heavy atom. The molecule has 0 aliphatic carbocycles. The van der Waals surface area contributed by atoms with Crippen LogP contribution >= 0.6 is 15.9 Å². The highest BCUT2D eigenvalue weighted by Gasteiger charge is 2.15. The molecule has 0 bridgehead atoms. The summed E-state index contributed by atoms with van der Waals surface area (Å²) >= 11 is 3.11. The lowest BCUT2D eigenvalue weighted by Crippen LogP contribution is -2.13. The van der Waals surface area contributed by atoms with Crippen molar-refractivity contribution in [3.8, 4) is 11.5 Å². The molecule has 1 aliphatic heterocycles. The number of hydrogen-bond donors (Lipinski definition) is 1. The van der Waals surface area contributed by atoms with Crippen LogP contribution in [0, 0.1) is 0 Å². The Morgan fingerprint density at radius 2 is 2.19 bits per heavy atom. The van der Waals surface area contributed by atoms with E-state index in [2.05, 4.69) is 15.9 Å². The number of ether oxygens (including phenoxy) is 2. The van der Waals surface area contributed by atoms with Crippen LogP contribution in [0.3, 0.4) is 0 Å². The van der Waals surface area contributed by atoms with Crippen molar-refractivity contribution in [3.63, 3.8) is 0 Å². The second-order valence-electron chi connectivity index (χ2n) is 3.53. The molecule has 1 heterocycles. The van der Waals surface area contributed by atoms with E-state index in [9.17, 15) is 4.79 Å². The molecular weight excluding hydrogens is 276 g/mol. The zero-order chi connectivity index (χ0) is 11.5. The zero-order valence-electron chi connectivity index (χ0n) is 8.48. The van der Waals surface area contributed by atoms with Crippen LogP contribution in [-0.4, -0.2) is 22.7 Å².